The molecular weight excluding hydrogens is 273 g/mol. The Morgan fingerprint density at radius 2 is 1.89 bits per heavy atom. The molecule has 18 heavy (non-hydrogen) atoms. The van der Waals surface area contributed by atoms with Gasteiger partial charge in [0.2, 0.25) is 0 Å². The summed E-state index contributed by atoms with van der Waals surface area (Å²) in [5.74, 6) is -2.26. The van der Waals surface area contributed by atoms with Gasteiger partial charge in [-0.15, -0.1) is 0 Å². The lowest BCUT2D eigenvalue weighted by molar-refractivity contribution is -0.141. The first-order valence-electron chi connectivity index (χ1n) is 5.02. The van der Waals surface area contributed by atoms with Gasteiger partial charge in [-0.25, -0.2) is 0 Å². The molecule has 0 radical (unpaired) electrons. The highest BCUT2D eigenvalue weighted by molar-refractivity contribution is 6.32. The van der Waals surface area contributed by atoms with E-state index in [0.29, 0.717) is 6.07 Å². The van der Waals surface area contributed by atoms with Crippen molar-refractivity contribution >= 4 is 17.6 Å². The molecule has 1 saturated carbocycles. The first kappa shape index (κ1) is 13.0. The second-order valence-corrected chi connectivity index (χ2v) is 4.65. The van der Waals surface area contributed by atoms with Gasteiger partial charge in [-0.05, 0) is 30.5 Å². The maximum Gasteiger partial charge on any atom is 0.420 e. The Balaban J connectivity index is 2.59. The van der Waals surface area contributed by atoms with Crippen LogP contribution in [0.2, 0.25) is 5.02 Å². The van der Waals surface area contributed by atoms with Gasteiger partial charge in [-0.3, -0.25) is 4.79 Å². The van der Waals surface area contributed by atoms with Crippen LogP contribution in [-0.4, -0.2) is 16.2 Å². The van der Waals surface area contributed by atoms with Crippen molar-refractivity contribution < 1.29 is 28.2 Å². The summed E-state index contributed by atoms with van der Waals surface area (Å²) >= 11 is 5.52. The van der Waals surface area contributed by atoms with Crippen LogP contribution < -0.4 is 0 Å². The summed E-state index contributed by atoms with van der Waals surface area (Å²) < 4.78 is 38.0. The average Bonchev–Trinajstić information content (AvgIpc) is 3.00. The number of hydrogen-bond donors (Lipinski definition) is 2. The fraction of sp³-hybridized carbons (Fsp3) is 0.364. The summed E-state index contributed by atoms with van der Waals surface area (Å²) in [5.41, 5.74) is -2.63. The molecule has 0 amide bonds. The van der Waals surface area contributed by atoms with Crippen LogP contribution >= 0.6 is 11.6 Å². The van der Waals surface area contributed by atoms with Crippen molar-refractivity contribution in [3.63, 3.8) is 0 Å². The number of aromatic hydroxyl groups is 1. The quantitative estimate of drug-likeness (QED) is 0.875. The predicted octanol–water partition coefficient (Wildman–Crippen LogP) is 3.18. The van der Waals surface area contributed by atoms with Crippen molar-refractivity contribution in [3.8, 4) is 5.75 Å². The third-order valence-corrected chi connectivity index (χ3v) is 3.37. The van der Waals surface area contributed by atoms with Gasteiger partial charge in [0, 0.05) is 0 Å². The fourth-order valence-electron chi connectivity index (χ4n) is 1.84. The summed E-state index contributed by atoms with van der Waals surface area (Å²) in [6, 6.07) is 1.73. The molecule has 3 nitrogen and oxygen atoms in total. The number of phenolic OH excluding ortho intramolecular Hbond substituents is 1. The van der Waals surface area contributed by atoms with Gasteiger partial charge in [0.25, 0.3) is 0 Å². The largest absolute Gasteiger partial charge is 0.506 e. The van der Waals surface area contributed by atoms with E-state index in [4.69, 9.17) is 16.7 Å². The third kappa shape index (κ3) is 1.90. The molecule has 2 rings (SSSR count). The van der Waals surface area contributed by atoms with Crippen LogP contribution in [0, 0.1) is 0 Å². The van der Waals surface area contributed by atoms with Crippen LogP contribution in [0.5, 0.6) is 5.75 Å². The Bertz CT molecular complexity index is 521. The number of benzene rings is 1. The van der Waals surface area contributed by atoms with Gasteiger partial charge < -0.3 is 10.2 Å². The monoisotopic (exact) mass is 280 g/mol. The zero-order valence-electron chi connectivity index (χ0n) is 8.88. The van der Waals surface area contributed by atoms with E-state index in [1.54, 1.807) is 0 Å². The van der Waals surface area contributed by atoms with Crippen molar-refractivity contribution in [2.75, 3.05) is 0 Å². The molecule has 7 heteroatoms. The minimum absolute atomic E-state index is 0.0230. The lowest BCUT2D eigenvalue weighted by Gasteiger charge is -2.16. The minimum Gasteiger partial charge on any atom is -0.506 e. The highest BCUT2D eigenvalue weighted by Gasteiger charge is 2.53. The third-order valence-electron chi connectivity index (χ3n) is 3.08. The first-order chi connectivity index (χ1) is 8.18. The smallest absolute Gasteiger partial charge is 0.420 e. The predicted molar refractivity (Wildman–Crippen MR) is 56.7 cm³/mol. The van der Waals surface area contributed by atoms with Gasteiger partial charge in [-0.2, -0.15) is 13.2 Å². The van der Waals surface area contributed by atoms with Gasteiger partial charge in [0.05, 0.1) is 16.0 Å². The molecule has 1 aromatic rings. The summed E-state index contributed by atoms with van der Waals surface area (Å²) in [6.45, 7) is 0. The maximum absolute atomic E-state index is 12.7. The zero-order chi connectivity index (χ0) is 13.7. The molecule has 0 aliphatic heterocycles. The van der Waals surface area contributed by atoms with Gasteiger partial charge in [-0.1, -0.05) is 11.6 Å². The second-order valence-electron chi connectivity index (χ2n) is 4.24. The summed E-state index contributed by atoms with van der Waals surface area (Å²) in [7, 11) is 0. The van der Waals surface area contributed by atoms with E-state index in [0.717, 1.165) is 6.07 Å². The number of hydrogen-bond acceptors (Lipinski definition) is 2. The van der Waals surface area contributed by atoms with Crippen LogP contribution in [0.15, 0.2) is 12.1 Å². The van der Waals surface area contributed by atoms with Gasteiger partial charge >= 0.3 is 12.1 Å². The number of halogens is 4. The summed E-state index contributed by atoms with van der Waals surface area (Å²) in [5, 5.41) is 17.8. The lowest BCUT2D eigenvalue weighted by atomic mass is 9.94. The van der Waals surface area contributed by atoms with Gasteiger partial charge in [0.1, 0.15) is 5.75 Å². The van der Waals surface area contributed by atoms with Crippen LogP contribution in [0.25, 0.3) is 0 Å². The molecule has 98 valence electrons. The molecule has 1 aromatic carbocycles. The molecule has 0 aromatic heterocycles. The van der Waals surface area contributed by atoms with E-state index in [1.807, 2.05) is 0 Å². The molecule has 0 spiro atoms. The topological polar surface area (TPSA) is 57.5 Å². The Kier molecular flexibility index (Phi) is 2.73. The fourth-order valence-corrected chi connectivity index (χ4v) is 2.06. The molecule has 2 N–H and O–H groups in total. The van der Waals surface area contributed by atoms with E-state index in [2.05, 4.69) is 0 Å². The SMILES string of the molecule is O=C(O)C1(c2cc(Cl)c(O)c(C(F)(F)F)c2)CC1. The number of carboxylic acid groups (broad SMARTS) is 1. The van der Waals surface area contributed by atoms with E-state index >= 15 is 0 Å². The summed E-state index contributed by atoms with van der Waals surface area (Å²) in [4.78, 5) is 11.1. The van der Waals surface area contributed by atoms with Crippen LogP contribution in [0.3, 0.4) is 0 Å². The van der Waals surface area contributed by atoms with Crippen molar-refractivity contribution in [2.45, 2.75) is 24.4 Å². The highest BCUT2D eigenvalue weighted by atomic mass is 35.5. The standard InChI is InChI=1S/C11H8ClF3O3/c12-7-4-5(10(1-2-10)9(17)18)3-6(8(7)16)11(13,14)15/h3-4,16H,1-2H2,(H,17,18). The Morgan fingerprint density at radius 1 is 1.33 bits per heavy atom. The Labute approximate surface area is 105 Å². The molecule has 1 aliphatic rings. The second kappa shape index (κ2) is 3.78. The number of phenols is 1. The van der Waals surface area contributed by atoms with Crippen LogP contribution in [0.1, 0.15) is 24.0 Å². The number of aliphatic carboxylic acids is 1. The van der Waals surface area contributed by atoms with E-state index < -0.39 is 33.9 Å². The molecular formula is C11H8ClF3O3. The van der Waals surface area contributed by atoms with E-state index in [9.17, 15) is 23.1 Å². The van der Waals surface area contributed by atoms with E-state index in [1.165, 1.54) is 0 Å². The van der Waals surface area contributed by atoms with E-state index in [-0.39, 0.29) is 18.4 Å². The molecule has 0 bridgehead atoms. The van der Waals surface area contributed by atoms with Crippen molar-refractivity contribution in [1.82, 2.24) is 0 Å². The zero-order valence-corrected chi connectivity index (χ0v) is 9.64. The van der Waals surface area contributed by atoms with Crippen molar-refractivity contribution in [1.29, 1.82) is 0 Å². The lowest BCUT2D eigenvalue weighted by Crippen LogP contribution is -2.20. The number of carbonyl (C=O) groups is 1. The first-order valence-corrected chi connectivity index (χ1v) is 5.40. The van der Waals surface area contributed by atoms with Crippen molar-refractivity contribution in [3.05, 3.63) is 28.3 Å². The average molecular weight is 281 g/mol. The van der Waals surface area contributed by atoms with Crippen LogP contribution in [0.4, 0.5) is 13.2 Å². The maximum atomic E-state index is 12.7. The Hall–Kier alpha value is -1.43. The van der Waals surface area contributed by atoms with Gasteiger partial charge in [0.15, 0.2) is 0 Å². The number of carboxylic acids is 1. The Morgan fingerprint density at radius 3 is 2.28 bits per heavy atom. The van der Waals surface area contributed by atoms with Crippen molar-refractivity contribution in [2.24, 2.45) is 0 Å². The number of alkyl halides is 3. The normalized spacial score (nSPS) is 17.6. The molecule has 0 saturated heterocycles. The van der Waals surface area contributed by atoms with Crippen LogP contribution in [-0.2, 0) is 16.4 Å². The molecule has 0 unspecified atom stereocenters. The highest BCUT2D eigenvalue weighted by Crippen LogP contribution is 2.51. The molecule has 1 fully saturated rings. The minimum atomic E-state index is -4.78. The molecule has 0 atom stereocenters. The molecule has 0 heterocycles. The summed E-state index contributed by atoms with van der Waals surface area (Å²) in [6.07, 6.45) is -4.25. The molecule has 1 aliphatic carbocycles. The number of rotatable bonds is 2.